The molecule has 6 heteroatoms. The van der Waals surface area contributed by atoms with Gasteiger partial charge in [0.2, 0.25) is 10.0 Å². The Hall–Kier alpha value is -0.170. The van der Waals surface area contributed by atoms with Gasteiger partial charge in [-0.15, -0.1) is 0 Å². The third-order valence-corrected chi connectivity index (χ3v) is 4.27. The fraction of sp³-hybridized carbons (Fsp3) is 1.00. The fourth-order valence-corrected chi connectivity index (χ4v) is 3.03. The second kappa shape index (κ2) is 4.37. The lowest BCUT2D eigenvalue weighted by molar-refractivity contribution is -0.112. The van der Waals surface area contributed by atoms with Crippen molar-refractivity contribution in [3.8, 4) is 0 Å². The van der Waals surface area contributed by atoms with E-state index in [1.54, 1.807) is 6.92 Å². The van der Waals surface area contributed by atoms with Gasteiger partial charge >= 0.3 is 0 Å². The van der Waals surface area contributed by atoms with Crippen LogP contribution in [-0.4, -0.2) is 49.8 Å². The van der Waals surface area contributed by atoms with Crippen molar-refractivity contribution in [2.24, 2.45) is 5.73 Å². The molecule has 2 N–H and O–H groups in total. The quantitative estimate of drug-likeness (QED) is 0.735. The van der Waals surface area contributed by atoms with Crippen LogP contribution in [0.1, 0.15) is 20.8 Å². The van der Waals surface area contributed by atoms with Gasteiger partial charge in [-0.3, -0.25) is 0 Å². The summed E-state index contributed by atoms with van der Waals surface area (Å²) in [5.41, 5.74) is 5.07. The maximum absolute atomic E-state index is 11.7. The minimum absolute atomic E-state index is 0.125. The summed E-state index contributed by atoms with van der Waals surface area (Å²) in [6.07, 6.45) is -0.199. The normalized spacial score (nSPS) is 27.9. The number of rotatable bonds is 3. The average molecular weight is 236 g/mol. The summed E-state index contributed by atoms with van der Waals surface area (Å²) in [6.45, 7) is 6.53. The van der Waals surface area contributed by atoms with Crippen LogP contribution in [0.3, 0.4) is 0 Å². The van der Waals surface area contributed by atoms with Gasteiger partial charge in [-0.05, 0) is 20.8 Å². The zero-order valence-electron chi connectivity index (χ0n) is 9.56. The summed E-state index contributed by atoms with van der Waals surface area (Å²) in [7, 11) is -3.14. The Morgan fingerprint density at radius 3 is 2.60 bits per heavy atom. The van der Waals surface area contributed by atoms with Crippen molar-refractivity contribution in [1.29, 1.82) is 0 Å². The van der Waals surface area contributed by atoms with Gasteiger partial charge in [-0.2, -0.15) is 4.31 Å². The average Bonchev–Trinajstić information content (AvgIpc) is 2.15. The smallest absolute Gasteiger partial charge is 0.214 e. The molecule has 0 aliphatic carbocycles. The Labute approximate surface area is 91.6 Å². The number of ether oxygens (including phenoxy) is 1. The maximum atomic E-state index is 11.7. The molecule has 0 radical (unpaired) electrons. The number of nitrogens with zero attached hydrogens (tertiary/aromatic N) is 1. The van der Waals surface area contributed by atoms with Crippen molar-refractivity contribution in [3.63, 3.8) is 0 Å². The van der Waals surface area contributed by atoms with E-state index in [0.717, 1.165) is 0 Å². The molecule has 1 aliphatic rings. The number of hydrogen-bond donors (Lipinski definition) is 1. The second-order valence-corrected chi connectivity index (χ2v) is 6.69. The van der Waals surface area contributed by atoms with Crippen LogP contribution in [-0.2, 0) is 14.8 Å². The SMILES string of the molecule is CCS(=O)(=O)N1CC(CN)OC(C)(C)C1. The molecule has 0 aromatic rings. The number of sulfonamides is 1. The minimum atomic E-state index is -3.14. The van der Waals surface area contributed by atoms with Crippen molar-refractivity contribution in [3.05, 3.63) is 0 Å². The van der Waals surface area contributed by atoms with Crippen LogP contribution < -0.4 is 5.73 Å². The molecule has 1 unspecified atom stereocenters. The van der Waals surface area contributed by atoms with Gasteiger partial charge < -0.3 is 10.5 Å². The number of morpholine rings is 1. The first-order valence-electron chi connectivity index (χ1n) is 5.16. The third kappa shape index (κ3) is 3.14. The van der Waals surface area contributed by atoms with Crippen LogP contribution in [0.5, 0.6) is 0 Å². The van der Waals surface area contributed by atoms with Gasteiger partial charge in [-0.25, -0.2) is 8.42 Å². The van der Waals surface area contributed by atoms with E-state index in [1.807, 2.05) is 13.8 Å². The minimum Gasteiger partial charge on any atom is -0.368 e. The Balaban J connectivity index is 2.84. The Morgan fingerprint density at radius 2 is 2.13 bits per heavy atom. The predicted molar refractivity (Wildman–Crippen MR) is 59.0 cm³/mol. The zero-order valence-corrected chi connectivity index (χ0v) is 10.4. The molecule has 1 aliphatic heterocycles. The summed E-state index contributed by atoms with van der Waals surface area (Å²) in [6, 6.07) is 0. The van der Waals surface area contributed by atoms with Gasteiger partial charge in [0.1, 0.15) is 0 Å². The summed E-state index contributed by atoms with van der Waals surface area (Å²) < 4.78 is 30.6. The Kier molecular flexibility index (Phi) is 3.76. The lowest BCUT2D eigenvalue weighted by Gasteiger charge is -2.41. The first-order chi connectivity index (χ1) is 6.80. The summed E-state index contributed by atoms with van der Waals surface area (Å²) in [5.74, 6) is 0.125. The highest BCUT2D eigenvalue weighted by atomic mass is 32.2. The molecule has 0 spiro atoms. The molecular formula is C9H20N2O3S. The van der Waals surface area contributed by atoms with Crippen LogP contribution in [0.25, 0.3) is 0 Å². The lowest BCUT2D eigenvalue weighted by Crippen LogP contribution is -2.56. The highest BCUT2D eigenvalue weighted by Gasteiger charge is 2.37. The van der Waals surface area contributed by atoms with E-state index in [0.29, 0.717) is 19.6 Å². The molecule has 5 nitrogen and oxygen atoms in total. The van der Waals surface area contributed by atoms with Crippen LogP contribution >= 0.6 is 0 Å². The Bertz CT molecular complexity index is 313. The van der Waals surface area contributed by atoms with Crippen molar-refractivity contribution in [2.45, 2.75) is 32.5 Å². The number of hydrogen-bond acceptors (Lipinski definition) is 4. The predicted octanol–water partition coefficient (Wildman–Crippen LogP) is -0.226. The molecular weight excluding hydrogens is 216 g/mol. The van der Waals surface area contributed by atoms with Gasteiger partial charge in [0.25, 0.3) is 0 Å². The van der Waals surface area contributed by atoms with Crippen LogP contribution in [0.2, 0.25) is 0 Å². The van der Waals surface area contributed by atoms with E-state index < -0.39 is 15.6 Å². The molecule has 0 saturated carbocycles. The summed E-state index contributed by atoms with van der Waals surface area (Å²) in [5, 5.41) is 0. The monoisotopic (exact) mass is 236 g/mol. The van der Waals surface area contributed by atoms with Gasteiger partial charge in [-0.1, -0.05) is 0 Å². The van der Waals surface area contributed by atoms with E-state index in [4.69, 9.17) is 10.5 Å². The first-order valence-corrected chi connectivity index (χ1v) is 6.77. The van der Waals surface area contributed by atoms with E-state index >= 15 is 0 Å². The van der Waals surface area contributed by atoms with Gasteiger partial charge in [0.15, 0.2) is 0 Å². The highest BCUT2D eigenvalue weighted by molar-refractivity contribution is 7.89. The third-order valence-electron chi connectivity index (χ3n) is 2.47. The summed E-state index contributed by atoms with van der Waals surface area (Å²) >= 11 is 0. The first kappa shape index (κ1) is 12.9. The van der Waals surface area contributed by atoms with Crippen molar-refractivity contribution < 1.29 is 13.2 Å². The van der Waals surface area contributed by atoms with E-state index in [2.05, 4.69) is 0 Å². The maximum Gasteiger partial charge on any atom is 0.214 e. The molecule has 1 heterocycles. The number of nitrogens with two attached hydrogens (primary N) is 1. The van der Waals surface area contributed by atoms with E-state index in [-0.39, 0.29) is 11.9 Å². The molecule has 0 amide bonds. The standard InChI is InChI=1S/C9H20N2O3S/c1-4-15(12,13)11-6-8(5-10)14-9(2,3)7-11/h8H,4-7,10H2,1-3H3. The van der Waals surface area contributed by atoms with E-state index in [9.17, 15) is 8.42 Å². The van der Waals surface area contributed by atoms with Gasteiger partial charge in [0, 0.05) is 19.6 Å². The zero-order chi connectivity index (χ0) is 11.7. The van der Waals surface area contributed by atoms with Crippen LogP contribution in [0.4, 0.5) is 0 Å². The van der Waals surface area contributed by atoms with Crippen molar-refractivity contribution in [2.75, 3.05) is 25.4 Å². The van der Waals surface area contributed by atoms with Crippen LogP contribution in [0.15, 0.2) is 0 Å². The molecule has 1 saturated heterocycles. The molecule has 90 valence electrons. The summed E-state index contributed by atoms with van der Waals surface area (Å²) in [4.78, 5) is 0. The molecule has 15 heavy (non-hydrogen) atoms. The molecule has 1 rings (SSSR count). The topological polar surface area (TPSA) is 72.6 Å². The fourth-order valence-electron chi connectivity index (χ4n) is 1.76. The van der Waals surface area contributed by atoms with E-state index in [1.165, 1.54) is 4.31 Å². The molecule has 1 atom stereocenters. The van der Waals surface area contributed by atoms with Gasteiger partial charge in [0.05, 0.1) is 17.5 Å². The molecule has 0 bridgehead atoms. The highest BCUT2D eigenvalue weighted by Crippen LogP contribution is 2.22. The second-order valence-electron chi connectivity index (χ2n) is 4.43. The lowest BCUT2D eigenvalue weighted by atomic mass is 10.1. The molecule has 1 fully saturated rings. The van der Waals surface area contributed by atoms with Crippen molar-refractivity contribution >= 4 is 10.0 Å². The van der Waals surface area contributed by atoms with Crippen molar-refractivity contribution in [1.82, 2.24) is 4.31 Å². The Morgan fingerprint density at radius 1 is 1.53 bits per heavy atom. The largest absolute Gasteiger partial charge is 0.368 e. The molecule has 0 aromatic heterocycles. The van der Waals surface area contributed by atoms with Crippen LogP contribution in [0, 0.1) is 0 Å². The molecule has 0 aromatic carbocycles.